The van der Waals surface area contributed by atoms with Gasteiger partial charge in [-0.1, -0.05) is 72.8 Å². The fraction of sp³-hybridized carbons (Fsp3) is 0.275. The van der Waals surface area contributed by atoms with Crippen LogP contribution >= 0.6 is 0 Å². The number of H-pyrrole nitrogens is 1. The number of anilines is 2. The second-order valence-corrected chi connectivity index (χ2v) is 17.6. The molecule has 6 N–H and O–H groups in total. The minimum absolute atomic E-state index is 0.305. The number of carbonyl (C=O) groups is 6. The van der Waals surface area contributed by atoms with E-state index in [0.717, 1.165) is 33.3 Å². The molecule has 0 radical (unpaired) electrons. The van der Waals surface area contributed by atoms with Crippen LogP contribution in [0.25, 0.3) is 33.3 Å². The summed E-state index contributed by atoms with van der Waals surface area (Å²) < 4.78 is 5.47. The number of carboxylic acid groups (broad SMARTS) is 1. The Kier molecular flexibility index (Phi) is 13.3. The van der Waals surface area contributed by atoms with Crippen molar-refractivity contribution < 1.29 is 38.6 Å². The molecule has 2 fully saturated rings. The zero-order chi connectivity index (χ0) is 47.2. The summed E-state index contributed by atoms with van der Waals surface area (Å²) in [6.07, 6.45) is 3.37. The molecule has 6 amide bonds. The molecule has 0 saturated carbocycles. The highest BCUT2D eigenvalue weighted by Gasteiger charge is 2.40. The van der Waals surface area contributed by atoms with E-state index in [2.05, 4.69) is 31.2 Å². The van der Waals surface area contributed by atoms with Crippen LogP contribution in [0, 0.1) is 0 Å². The van der Waals surface area contributed by atoms with E-state index in [4.69, 9.17) is 4.74 Å². The van der Waals surface area contributed by atoms with Crippen molar-refractivity contribution in [1.82, 2.24) is 30.4 Å². The van der Waals surface area contributed by atoms with Crippen molar-refractivity contribution >= 4 is 58.1 Å². The maximum atomic E-state index is 14.1. The van der Waals surface area contributed by atoms with E-state index in [1.807, 2.05) is 42.5 Å². The lowest BCUT2D eigenvalue weighted by molar-refractivity contribution is -0.138. The predicted octanol–water partition coefficient (Wildman–Crippen LogP) is 8.03. The maximum absolute atomic E-state index is 14.1. The molecule has 16 nitrogen and oxygen atoms in total. The van der Waals surface area contributed by atoms with Gasteiger partial charge in [-0.2, -0.15) is 0 Å². The topological polar surface area (TPSA) is 215 Å². The van der Waals surface area contributed by atoms with Crippen LogP contribution in [0.2, 0.25) is 0 Å². The molecule has 2 aliphatic rings. The number of nitrogens with one attached hydrogen (secondary N) is 5. The van der Waals surface area contributed by atoms with Gasteiger partial charge in [-0.25, -0.2) is 9.59 Å². The standard InChI is InChI=1S/C51H52N8O8/c1-51(2,3)67-50(66)57-44(33-14-8-5-9-15-33)48(63)59-29-10-16-39(59)45(60)53-35-20-18-34(19-21-35)42-41(31-24-26-52-27-25-31)37-30-36(22-23-38(37)55-42)54-46(61)40-17-11-28-58(40)47(62)43(56-49(64)65)32-12-6-4-7-13-32/h4-9,12-15,18-27,30,39-40,43-44,55-56H,10-11,16-17,28-29H2,1-3H3,(H,53,60)(H,54,61)(H,57,66)(H,64,65)/t39-,40-,43?,44?/m0/s1. The SMILES string of the molecule is CC(C)(C)OC(=O)NC(C(=O)N1CCC[C@H]1C(=O)Nc1ccc(-c2[nH]c3ccc(NC(=O)[C@@H]4CCCN4C(=O)C(NC(=O)O)c4ccccc4)cc3c2-c2ccncc2)cc1)c1ccccc1. The lowest BCUT2D eigenvalue weighted by Gasteiger charge is -2.29. The van der Waals surface area contributed by atoms with Crippen molar-refractivity contribution in [1.29, 1.82) is 0 Å². The quantitative estimate of drug-likeness (QED) is 0.0700. The summed E-state index contributed by atoms with van der Waals surface area (Å²) in [5, 5.41) is 21.4. The highest BCUT2D eigenvalue weighted by Crippen LogP contribution is 2.40. The van der Waals surface area contributed by atoms with Crippen LogP contribution in [0.5, 0.6) is 0 Å². The smallest absolute Gasteiger partial charge is 0.408 e. The second kappa shape index (κ2) is 19.6. The van der Waals surface area contributed by atoms with E-state index in [1.54, 1.807) is 106 Å². The number of aromatic nitrogens is 2. The van der Waals surface area contributed by atoms with Gasteiger partial charge in [-0.3, -0.25) is 24.2 Å². The van der Waals surface area contributed by atoms with E-state index in [0.29, 0.717) is 61.3 Å². The molecular weight excluding hydrogens is 853 g/mol. The molecule has 2 aliphatic heterocycles. The summed E-state index contributed by atoms with van der Waals surface area (Å²) >= 11 is 0. The molecule has 6 aromatic rings. The Balaban J connectivity index is 0.998. The van der Waals surface area contributed by atoms with Crippen molar-refractivity contribution in [2.24, 2.45) is 0 Å². The Hall–Kier alpha value is -8.01. The number of ether oxygens (including phenoxy) is 1. The van der Waals surface area contributed by atoms with Crippen molar-refractivity contribution in [3.63, 3.8) is 0 Å². The third kappa shape index (κ3) is 10.4. The summed E-state index contributed by atoms with van der Waals surface area (Å²) in [7, 11) is 0. The lowest BCUT2D eigenvalue weighted by Crippen LogP contribution is -2.49. The van der Waals surface area contributed by atoms with Gasteiger partial charge in [0, 0.05) is 53.3 Å². The maximum Gasteiger partial charge on any atom is 0.408 e. The van der Waals surface area contributed by atoms with Crippen LogP contribution in [-0.2, 0) is 23.9 Å². The summed E-state index contributed by atoms with van der Waals surface area (Å²) in [5.74, 6) is -1.64. The van der Waals surface area contributed by atoms with Crippen molar-refractivity contribution in [3.8, 4) is 22.4 Å². The zero-order valence-corrected chi connectivity index (χ0v) is 37.3. The zero-order valence-electron chi connectivity index (χ0n) is 37.3. The normalized spacial score (nSPS) is 16.8. The number of nitrogens with zero attached hydrogens (tertiary/aromatic N) is 3. The first kappa shape index (κ1) is 45.6. The van der Waals surface area contributed by atoms with E-state index >= 15 is 0 Å². The van der Waals surface area contributed by atoms with Crippen molar-refractivity contribution in [2.45, 2.75) is 76.2 Å². The number of fused-ring (bicyclic) bond motifs is 1. The van der Waals surface area contributed by atoms with Crippen LogP contribution in [0.4, 0.5) is 21.0 Å². The number of aromatic amines is 1. The summed E-state index contributed by atoms with van der Waals surface area (Å²) in [4.78, 5) is 91.0. The Morgan fingerprint density at radius 1 is 0.672 bits per heavy atom. The molecule has 2 saturated heterocycles. The highest BCUT2D eigenvalue weighted by atomic mass is 16.6. The van der Waals surface area contributed by atoms with E-state index in [9.17, 15) is 33.9 Å². The molecule has 0 aliphatic carbocycles. The van der Waals surface area contributed by atoms with Crippen LogP contribution in [0.15, 0.2) is 128 Å². The van der Waals surface area contributed by atoms with Gasteiger partial charge < -0.3 is 45.9 Å². The Morgan fingerprint density at radius 2 is 1.19 bits per heavy atom. The summed E-state index contributed by atoms with van der Waals surface area (Å²) in [5.41, 5.74) is 5.41. The molecule has 2 aromatic heterocycles. The average molecular weight is 905 g/mol. The molecule has 67 heavy (non-hydrogen) atoms. The molecule has 0 bridgehead atoms. The molecular formula is C51H52N8O8. The lowest BCUT2D eigenvalue weighted by atomic mass is 9.98. The number of likely N-dealkylation sites (tertiary alicyclic amines) is 2. The first-order valence-corrected chi connectivity index (χ1v) is 22.2. The van der Waals surface area contributed by atoms with E-state index < -0.39 is 53.8 Å². The van der Waals surface area contributed by atoms with Crippen molar-refractivity contribution in [2.75, 3.05) is 23.7 Å². The third-order valence-corrected chi connectivity index (χ3v) is 11.8. The second-order valence-electron chi connectivity index (χ2n) is 17.6. The van der Waals surface area contributed by atoms with Crippen LogP contribution in [-0.4, -0.2) is 91.5 Å². The first-order chi connectivity index (χ1) is 32.2. The molecule has 2 unspecified atom stereocenters. The first-order valence-electron chi connectivity index (χ1n) is 22.2. The van der Waals surface area contributed by atoms with Gasteiger partial charge in [0.15, 0.2) is 0 Å². The Morgan fingerprint density at radius 3 is 1.73 bits per heavy atom. The average Bonchev–Trinajstić information content (AvgIpc) is 4.10. The van der Waals surface area contributed by atoms with Crippen LogP contribution < -0.4 is 21.3 Å². The number of benzene rings is 4. The number of hydrogen-bond donors (Lipinski definition) is 6. The molecule has 4 aromatic carbocycles. The van der Waals surface area contributed by atoms with Gasteiger partial charge >= 0.3 is 12.2 Å². The Labute approximate surface area is 387 Å². The molecule has 8 rings (SSSR count). The molecule has 344 valence electrons. The number of rotatable bonds is 12. The van der Waals surface area contributed by atoms with Crippen LogP contribution in [0.1, 0.15) is 69.7 Å². The Bertz CT molecular complexity index is 2780. The van der Waals surface area contributed by atoms with E-state index in [1.165, 1.54) is 9.80 Å². The minimum atomic E-state index is -1.35. The fourth-order valence-electron chi connectivity index (χ4n) is 8.83. The van der Waals surface area contributed by atoms with Gasteiger partial charge in [-0.15, -0.1) is 0 Å². The monoisotopic (exact) mass is 904 g/mol. The summed E-state index contributed by atoms with van der Waals surface area (Å²) in [6.45, 7) is 5.88. The van der Waals surface area contributed by atoms with Gasteiger partial charge in [-0.05, 0) is 111 Å². The number of amides is 6. The molecule has 0 spiro atoms. The molecule has 4 heterocycles. The molecule has 16 heteroatoms. The number of carbonyl (C=O) groups excluding carboxylic acids is 5. The predicted molar refractivity (Wildman–Crippen MR) is 253 cm³/mol. The van der Waals surface area contributed by atoms with Gasteiger partial charge in [0.25, 0.3) is 11.8 Å². The van der Waals surface area contributed by atoms with Gasteiger partial charge in [0.2, 0.25) is 11.8 Å². The highest BCUT2D eigenvalue weighted by molar-refractivity contribution is 6.07. The minimum Gasteiger partial charge on any atom is -0.465 e. The van der Waals surface area contributed by atoms with E-state index in [-0.39, 0.29) is 11.8 Å². The third-order valence-electron chi connectivity index (χ3n) is 11.8. The largest absolute Gasteiger partial charge is 0.465 e. The van der Waals surface area contributed by atoms with Gasteiger partial charge in [0.1, 0.15) is 29.8 Å². The molecule has 4 atom stereocenters. The van der Waals surface area contributed by atoms with Gasteiger partial charge in [0.05, 0.1) is 5.69 Å². The number of alkyl carbamates (subject to hydrolysis) is 1. The van der Waals surface area contributed by atoms with Crippen LogP contribution in [0.3, 0.4) is 0 Å². The summed E-state index contributed by atoms with van der Waals surface area (Å²) in [6, 6.07) is 30.3. The number of pyridine rings is 1. The van der Waals surface area contributed by atoms with Crippen molar-refractivity contribution in [3.05, 3.63) is 139 Å². The fourth-order valence-corrected chi connectivity index (χ4v) is 8.83. The number of hydrogen-bond acceptors (Lipinski definition) is 8.